The largest absolute Gasteiger partial charge is 0.302 e. The van der Waals surface area contributed by atoms with Crippen molar-refractivity contribution < 1.29 is 13.2 Å². The number of pyridine rings is 2. The van der Waals surface area contributed by atoms with Crippen LogP contribution in [-0.2, 0) is 16.4 Å². The van der Waals surface area contributed by atoms with E-state index in [0.717, 1.165) is 6.26 Å². The first-order chi connectivity index (χ1) is 13.2. The molecule has 0 radical (unpaired) electrons. The van der Waals surface area contributed by atoms with Gasteiger partial charge in [0, 0.05) is 23.7 Å². The molecule has 0 atom stereocenters. The van der Waals surface area contributed by atoms with Gasteiger partial charge in [-0.1, -0.05) is 29.3 Å². The first-order valence-electron chi connectivity index (χ1n) is 8.09. The Morgan fingerprint density at radius 3 is 2.21 bits per heavy atom. The second-order valence-corrected chi connectivity index (χ2v) is 8.77. The van der Waals surface area contributed by atoms with Crippen molar-refractivity contribution in [2.45, 2.75) is 11.4 Å². The number of benzene rings is 1. The zero-order valence-corrected chi connectivity index (χ0v) is 17.0. The molecule has 0 bridgehead atoms. The minimum Gasteiger partial charge on any atom is -0.302 e. The van der Waals surface area contributed by atoms with Gasteiger partial charge in [-0.25, -0.2) is 13.4 Å². The van der Waals surface area contributed by atoms with E-state index in [-0.39, 0.29) is 33.2 Å². The molecule has 9 heteroatoms. The van der Waals surface area contributed by atoms with E-state index in [9.17, 15) is 13.2 Å². The highest BCUT2D eigenvalue weighted by molar-refractivity contribution is 7.90. The molecule has 0 saturated heterocycles. The van der Waals surface area contributed by atoms with Crippen molar-refractivity contribution >= 4 is 44.6 Å². The minimum absolute atomic E-state index is 0.0982. The normalized spacial score (nSPS) is 11.2. The molecule has 6 nitrogen and oxygen atoms in total. The smallest absolute Gasteiger partial charge is 0.258 e. The van der Waals surface area contributed by atoms with Gasteiger partial charge in [0.2, 0.25) is 0 Å². The third kappa shape index (κ3) is 4.86. The number of halogens is 2. The fourth-order valence-electron chi connectivity index (χ4n) is 2.55. The van der Waals surface area contributed by atoms with Gasteiger partial charge < -0.3 is 4.90 Å². The van der Waals surface area contributed by atoms with Crippen molar-refractivity contribution in [3.05, 3.63) is 82.4 Å². The van der Waals surface area contributed by atoms with Gasteiger partial charge in [0.15, 0.2) is 9.84 Å². The lowest BCUT2D eigenvalue weighted by Gasteiger charge is -2.23. The van der Waals surface area contributed by atoms with Crippen LogP contribution in [0.4, 0.5) is 5.69 Å². The van der Waals surface area contributed by atoms with E-state index in [1.54, 1.807) is 30.5 Å². The summed E-state index contributed by atoms with van der Waals surface area (Å²) in [5.41, 5.74) is 1.43. The van der Waals surface area contributed by atoms with Crippen molar-refractivity contribution in [2.24, 2.45) is 0 Å². The standard InChI is InChI=1S/C19H15Cl2N3O3S/c1-28(26,27)16-7-5-15(6-8-16)24(12-14-4-2-3-9-22-14)19(25)13-10-17(20)23-18(21)11-13/h2-11H,12H2,1H3. The van der Waals surface area contributed by atoms with Gasteiger partial charge in [-0.05, 0) is 48.5 Å². The summed E-state index contributed by atoms with van der Waals surface area (Å²) in [6.07, 6.45) is 2.75. The maximum absolute atomic E-state index is 13.2. The summed E-state index contributed by atoms with van der Waals surface area (Å²) in [7, 11) is -3.35. The Kier molecular flexibility index (Phi) is 5.98. The molecule has 0 spiro atoms. The summed E-state index contributed by atoms with van der Waals surface area (Å²) in [4.78, 5) is 22.9. The lowest BCUT2D eigenvalue weighted by molar-refractivity contribution is 0.0984. The molecular weight excluding hydrogens is 421 g/mol. The third-order valence-corrected chi connectivity index (χ3v) is 5.39. The fourth-order valence-corrected chi connectivity index (χ4v) is 3.64. The van der Waals surface area contributed by atoms with Crippen LogP contribution < -0.4 is 4.90 Å². The average molecular weight is 436 g/mol. The number of hydrogen-bond acceptors (Lipinski definition) is 5. The van der Waals surface area contributed by atoms with E-state index < -0.39 is 9.84 Å². The zero-order valence-electron chi connectivity index (χ0n) is 14.7. The number of rotatable bonds is 5. The number of sulfone groups is 1. The average Bonchev–Trinajstić information content (AvgIpc) is 2.65. The number of hydrogen-bond donors (Lipinski definition) is 0. The second kappa shape index (κ2) is 8.26. The number of nitrogens with zero attached hydrogens (tertiary/aromatic N) is 3. The molecule has 2 aromatic heterocycles. The highest BCUT2D eigenvalue weighted by Gasteiger charge is 2.21. The summed E-state index contributed by atoms with van der Waals surface area (Å²) in [5, 5.41) is 0.196. The van der Waals surface area contributed by atoms with Crippen LogP contribution in [0.3, 0.4) is 0 Å². The predicted octanol–water partition coefficient (Wildman–Crippen LogP) is 4.03. The molecule has 0 saturated carbocycles. The number of carbonyl (C=O) groups is 1. The van der Waals surface area contributed by atoms with Crippen molar-refractivity contribution in [2.75, 3.05) is 11.2 Å². The van der Waals surface area contributed by atoms with Crippen LogP contribution in [0.25, 0.3) is 0 Å². The van der Waals surface area contributed by atoms with E-state index >= 15 is 0 Å². The lowest BCUT2D eigenvalue weighted by Crippen LogP contribution is -2.31. The SMILES string of the molecule is CS(=O)(=O)c1ccc(N(Cc2ccccn2)C(=O)c2cc(Cl)nc(Cl)c2)cc1. The summed E-state index contributed by atoms with van der Waals surface area (Å²) in [6, 6.07) is 14.3. The molecule has 3 aromatic rings. The first-order valence-corrected chi connectivity index (χ1v) is 10.7. The van der Waals surface area contributed by atoms with E-state index in [1.807, 2.05) is 6.07 Å². The van der Waals surface area contributed by atoms with Crippen molar-refractivity contribution in [3.8, 4) is 0 Å². The summed E-state index contributed by atoms with van der Waals surface area (Å²) in [5.74, 6) is -0.371. The monoisotopic (exact) mass is 435 g/mol. The van der Waals surface area contributed by atoms with Gasteiger partial charge in [-0.2, -0.15) is 0 Å². The molecule has 3 rings (SSSR count). The Labute approximate surface area is 172 Å². The highest BCUT2D eigenvalue weighted by Crippen LogP contribution is 2.24. The van der Waals surface area contributed by atoms with Gasteiger partial charge in [-0.15, -0.1) is 0 Å². The predicted molar refractivity (Wildman–Crippen MR) is 109 cm³/mol. The second-order valence-electron chi connectivity index (χ2n) is 5.98. The Morgan fingerprint density at radius 2 is 1.68 bits per heavy atom. The molecule has 144 valence electrons. The van der Waals surface area contributed by atoms with Crippen LogP contribution in [0.1, 0.15) is 16.1 Å². The quantitative estimate of drug-likeness (QED) is 0.564. The van der Waals surface area contributed by atoms with Gasteiger partial charge >= 0.3 is 0 Å². The van der Waals surface area contributed by atoms with Crippen LogP contribution in [0.15, 0.2) is 65.7 Å². The molecule has 0 fully saturated rings. The Hall–Kier alpha value is -2.48. The van der Waals surface area contributed by atoms with E-state index in [4.69, 9.17) is 23.2 Å². The summed E-state index contributed by atoms with van der Waals surface area (Å²) < 4.78 is 23.4. The van der Waals surface area contributed by atoms with E-state index in [2.05, 4.69) is 9.97 Å². The topological polar surface area (TPSA) is 80.2 Å². The Balaban J connectivity index is 2.03. The van der Waals surface area contributed by atoms with Gasteiger partial charge in [0.05, 0.1) is 17.1 Å². The fraction of sp³-hybridized carbons (Fsp3) is 0.105. The number of carbonyl (C=O) groups excluding carboxylic acids is 1. The van der Waals surface area contributed by atoms with E-state index in [0.29, 0.717) is 11.4 Å². The molecule has 0 aliphatic carbocycles. The van der Waals surface area contributed by atoms with Crippen LogP contribution >= 0.6 is 23.2 Å². The Morgan fingerprint density at radius 1 is 1.04 bits per heavy atom. The van der Waals surface area contributed by atoms with Crippen LogP contribution in [0, 0.1) is 0 Å². The molecule has 2 heterocycles. The number of amides is 1. The molecule has 0 unspecified atom stereocenters. The maximum atomic E-state index is 13.2. The number of aromatic nitrogens is 2. The van der Waals surface area contributed by atoms with Crippen molar-refractivity contribution in [3.63, 3.8) is 0 Å². The molecule has 28 heavy (non-hydrogen) atoms. The zero-order chi connectivity index (χ0) is 20.3. The van der Waals surface area contributed by atoms with Crippen LogP contribution in [0.5, 0.6) is 0 Å². The van der Waals surface area contributed by atoms with E-state index in [1.165, 1.54) is 29.2 Å². The minimum atomic E-state index is -3.35. The maximum Gasteiger partial charge on any atom is 0.258 e. The van der Waals surface area contributed by atoms with Gasteiger partial charge in [0.25, 0.3) is 5.91 Å². The van der Waals surface area contributed by atoms with Crippen LogP contribution in [0.2, 0.25) is 10.3 Å². The molecule has 0 aliphatic rings. The lowest BCUT2D eigenvalue weighted by atomic mass is 10.2. The van der Waals surface area contributed by atoms with Gasteiger partial charge in [-0.3, -0.25) is 9.78 Å². The van der Waals surface area contributed by atoms with Crippen molar-refractivity contribution in [1.29, 1.82) is 0 Å². The summed E-state index contributed by atoms with van der Waals surface area (Å²) >= 11 is 11.9. The molecule has 0 N–H and O–H groups in total. The number of anilines is 1. The van der Waals surface area contributed by atoms with Gasteiger partial charge in [0.1, 0.15) is 10.3 Å². The molecule has 1 aromatic carbocycles. The summed E-state index contributed by atoms with van der Waals surface area (Å²) in [6.45, 7) is 0.176. The first kappa shape index (κ1) is 20.3. The highest BCUT2D eigenvalue weighted by atomic mass is 35.5. The molecule has 1 amide bonds. The molecular formula is C19H15Cl2N3O3S. The molecule has 0 aliphatic heterocycles. The Bertz CT molecular complexity index is 1080. The van der Waals surface area contributed by atoms with Crippen molar-refractivity contribution in [1.82, 2.24) is 9.97 Å². The van der Waals surface area contributed by atoms with Crippen LogP contribution in [-0.4, -0.2) is 30.5 Å². The third-order valence-electron chi connectivity index (χ3n) is 3.88.